The van der Waals surface area contributed by atoms with E-state index in [1.807, 2.05) is 24.3 Å². The van der Waals surface area contributed by atoms with Gasteiger partial charge in [0.2, 0.25) is 11.6 Å². The van der Waals surface area contributed by atoms with Gasteiger partial charge in [-0.3, -0.25) is 0 Å². The second-order valence-electron chi connectivity index (χ2n) is 16.0. The van der Waals surface area contributed by atoms with Gasteiger partial charge in [0.25, 0.3) is 0 Å². The number of hydrogen-bond acceptors (Lipinski definition) is 5. The lowest BCUT2D eigenvalue weighted by atomic mass is 9.82. The van der Waals surface area contributed by atoms with Crippen molar-refractivity contribution < 1.29 is 32.3 Å². The fourth-order valence-electron chi connectivity index (χ4n) is 8.88. The van der Waals surface area contributed by atoms with Gasteiger partial charge in [0, 0.05) is 11.1 Å². The average Bonchev–Trinajstić information content (AvgIpc) is 4.02. The quantitative estimate of drug-likeness (QED) is 0.102. The van der Waals surface area contributed by atoms with Crippen LogP contribution in [0.4, 0.5) is 8.78 Å². The van der Waals surface area contributed by atoms with Crippen LogP contribution in [0.25, 0.3) is 10.4 Å². The number of nitrogens with zero attached hydrogens (tertiary/aromatic N) is 4. The topological polar surface area (TPSA) is 73.0 Å². The first-order chi connectivity index (χ1) is 27.0. The van der Waals surface area contributed by atoms with Gasteiger partial charge in [-0.25, -0.2) is 4.85 Å². The molecule has 8 rings (SSSR count). The minimum Gasteiger partial charge on any atom is -0.497 e. The zero-order valence-corrected chi connectivity index (χ0v) is 32.4. The SMILES string of the molecule is [C-]#[N+]C1=C(C2CCCC2)C2=C(c3ccc(C(C)(C)C)cc3)c3c(C4CCCC4)c(C#N)c(Oc4ccc(OC)cc4)n3C(F)(F)[N+]2=C1Oc1ccc(OC)cc1. The predicted molar refractivity (Wildman–Crippen MR) is 209 cm³/mol. The summed E-state index contributed by atoms with van der Waals surface area (Å²) in [5.74, 6) is 0.890. The second-order valence-corrected chi connectivity index (χ2v) is 16.0. The molecular weight excluding hydrogens is 711 g/mol. The standard InChI is InChI=1S/C46H45F2N4O4/c1-45(2,3)31-17-15-30(16-18-31)39-41-37(28-11-7-8-12-28)36(27-49)43(55-34-23-19-32(53-5)20-24-34)51(41)46(47,48)52-42(39)38(29-13-9-10-14-29)40(50-4)44(52)56-35-25-21-33(54-6)22-26-35/h15-26,28-29H,7-14H2,1-3,5-6H3/q+1. The lowest BCUT2D eigenvalue weighted by molar-refractivity contribution is -0.679. The highest BCUT2D eigenvalue weighted by Crippen LogP contribution is 2.57. The van der Waals surface area contributed by atoms with Crippen LogP contribution in [0, 0.1) is 23.8 Å². The minimum atomic E-state index is -3.89. The molecule has 4 aliphatic rings. The summed E-state index contributed by atoms with van der Waals surface area (Å²) in [4.78, 5) is 4.01. The van der Waals surface area contributed by atoms with Crippen molar-refractivity contribution in [3.05, 3.63) is 129 Å². The zero-order valence-electron chi connectivity index (χ0n) is 32.4. The monoisotopic (exact) mass is 755 g/mol. The number of rotatable bonds is 8. The highest BCUT2D eigenvalue weighted by Gasteiger charge is 2.64. The molecule has 3 heterocycles. The highest BCUT2D eigenvalue weighted by molar-refractivity contribution is 6.00. The smallest absolute Gasteiger partial charge is 0.497 e. The largest absolute Gasteiger partial charge is 0.570 e. The van der Waals surface area contributed by atoms with E-state index in [0.717, 1.165) is 66.1 Å². The summed E-state index contributed by atoms with van der Waals surface area (Å²) in [7, 11) is 3.09. The van der Waals surface area contributed by atoms with Gasteiger partial charge in [0.05, 0.1) is 32.1 Å². The summed E-state index contributed by atoms with van der Waals surface area (Å²) in [6.45, 7) is 15.0. The van der Waals surface area contributed by atoms with Gasteiger partial charge in [-0.15, -0.1) is 8.78 Å². The molecule has 0 unspecified atom stereocenters. The molecule has 2 saturated carbocycles. The van der Waals surface area contributed by atoms with Gasteiger partial charge in [-0.05, 0) is 103 Å². The van der Waals surface area contributed by atoms with Gasteiger partial charge in [-0.1, -0.05) is 75.3 Å². The van der Waals surface area contributed by atoms with E-state index in [4.69, 9.17) is 25.5 Å². The first-order valence-electron chi connectivity index (χ1n) is 19.4. The molecule has 8 nitrogen and oxygen atoms in total. The number of aromatic nitrogens is 1. The Balaban J connectivity index is 1.50. The molecule has 3 aromatic carbocycles. The molecule has 10 heteroatoms. The number of fused-ring (bicyclic) bond motifs is 2. The van der Waals surface area contributed by atoms with E-state index in [2.05, 4.69) is 31.7 Å². The van der Waals surface area contributed by atoms with Crippen molar-refractivity contribution in [2.45, 2.75) is 89.6 Å². The van der Waals surface area contributed by atoms with Crippen LogP contribution < -0.4 is 18.9 Å². The third-order valence-corrected chi connectivity index (χ3v) is 11.7. The molecule has 0 N–H and O–H groups in total. The summed E-state index contributed by atoms with van der Waals surface area (Å²) >= 11 is 0. The minimum absolute atomic E-state index is 0.0671. The highest BCUT2D eigenvalue weighted by atomic mass is 19.3. The van der Waals surface area contributed by atoms with Crippen molar-refractivity contribution in [1.82, 2.24) is 4.57 Å². The summed E-state index contributed by atoms with van der Waals surface area (Å²) in [6, 6.07) is 23.7. The zero-order chi connectivity index (χ0) is 39.4. The van der Waals surface area contributed by atoms with Crippen LogP contribution in [0.15, 0.2) is 89.8 Å². The lowest BCUT2D eigenvalue weighted by Crippen LogP contribution is -2.44. The van der Waals surface area contributed by atoms with Crippen molar-refractivity contribution in [2.75, 3.05) is 14.2 Å². The Morgan fingerprint density at radius 2 is 1.30 bits per heavy atom. The van der Waals surface area contributed by atoms with Crippen molar-refractivity contribution in [2.24, 2.45) is 5.92 Å². The van der Waals surface area contributed by atoms with E-state index in [9.17, 15) is 5.26 Å². The number of ether oxygens (including phenoxy) is 4. The summed E-state index contributed by atoms with van der Waals surface area (Å²) < 4.78 is 62.2. The number of alkyl halides is 2. The van der Waals surface area contributed by atoms with Gasteiger partial charge in [0.1, 0.15) is 34.6 Å². The fraction of sp³-hybridized carbons (Fsp3) is 0.370. The number of benzene rings is 3. The maximum Gasteiger partial charge on any atom is 0.570 e. The Morgan fingerprint density at radius 1 is 0.786 bits per heavy atom. The molecule has 56 heavy (non-hydrogen) atoms. The first kappa shape index (κ1) is 37.1. The normalized spacial score (nSPS) is 18.2. The summed E-state index contributed by atoms with van der Waals surface area (Å²) in [6.07, 6.45) is 2.84. The van der Waals surface area contributed by atoms with Crippen LogP contribution in [0.1, 0.15) is 106 Å². The molecular formula is C46H45F2N4O4+. The number of methoxy groups -OCH3 is 2. The molecule has 4 aromatic rings. The average molecular weight is 756 g/mol. The molecule has 2 fully saturated rings. The first-order valence-corrected chi connectivity index (χ1v) is 19.4. The van der Waals surface area contributed by atoms with Crippen molar-refractivity contribution >= 4 is 11.5 Å². The number of allylic oxidation sites excluding steroid dienone is 1. The fourth-order valence-corrected chi connectivity index (χ4v) is 8.88. The molecule has 0 spiro atoms. The summed E-state index contributed by atoms with van der Waals surface area (Å²) in [5, 5.41) is 11.0. The Labute approximate surface area is 326 Å². The van der Waals surface area contributed by atoms with E-state index < -0.39 is 6.17 Å². The number of hydrogen-bond donors (Lipinski definition) is 0. The molecule has 0 bridgehead atoms. The number of halogens is 2. The Kier molecular flexibility index (Phi) is 9.48. The van der Waals surface area contributed by atoms with E-state index in [0.29, 0.717) is 33.8 Å². The van der Waals surface area contributed by atoms with Crippen molar-refractivity contribution in [3.8, 4) is 34.9 Å². The second kappa shape index (κ2) is 14.3. The molecule has 0 saturated heterocycles. The van der Waals surface area contributed by atoms with Crippen molar-refractivity contribution in [3.63, 3.8) is 0 Å². The van der Waals surface area contributed by atoms with Crippen molar-refractivity contribution in [1.29, 1.82) is 5.26 Å². The van der Waals surface area contributed by atoms with E-state index in [1.165, 1.54) is 0 Å². The number of nitriles is 1. The molecule has 2 aliphatic carbocycles. The van der Waals surface area contributed by atoms with Crippen LogP contribution in [-0.2, 0) is 11.6 Å². The van der Waals surface area contributed by atoms with E-state index in [1.54, 1.807) is 62.8 Å². The molecule has 2 aliphatic heterocycles. The van der Waals surface area contributed by atoms with Crippen LogP contribution in [0.5, 0.6) is 28.9 Å². The van der Waals surface area contributed by atoms with Crippen LogP contribution in [-0.4, -0.2) is 29.3 Å². The van der Waals surface area contributed by atoms with Crippen LogP contribution in [0.3, 0.4) is 0 Å². The van der Waals surface area contributed by atoms with E-state index in [-0.39, 0.29) is 63.2 Å². The summed E-state index contributed by atoms with van der Waals surface area (Å²) in [5.41, 5.74) is 3.97. The Bertz CT molecular complexity index is 2360. The molecule has 0 amide bonds. The molecule has 0 radical (unpaired) electrons. The maximum atomic E-state index is 18.4. The van der Waals surface area contributed by atoms with Gasteiger partial charge in [0.15, 0.2) is 0 Å². The van der Waals surface area contributed by atoms with Crippen LogP contribution in [0.2, 0.25) is 0 Å². The van der Waals surface area contributed by atoms with Gasteiger partial charge >= 0.3 is 17.8 Å². The van der Waals surface area contributed by atoms with Gasteiger partial charge in [-0.2, -0.15) is 9.83 Å². The molecule has 286 valence electrons. The third-order valence-electron chi connectivity index (χ3n) is 11.7. The van der Waals surface area contributed by atoms with E-state index >= 15 is 8.78 Å². The van der Waals surface area contributed by atoms with Crippen LogP contribution >= 0.6 is 0 Å². The van der Waals surface area contributed by atoms with Gasteiger partial charge < -0.3 is 18.9 Å². The Hall–Kier alpha value is -5.87. The maximum absolute atomic E-state index is 18.4. The predicted octanol–water partition coefficient (Wildman–Crippen LogP) is 11.3. The lowest BCUT2D eigenvalue weighted by Gasteiger charge is -2.29. The molecule has 0 atom stereocenters. The Morgan fingerprint density at radius 3 is 1.80 bits per heavy atom. The molecule has 1 aromatic heterocycles. The third kappa shape index (κ3) is 6.12.